The Kier molecular flexibility index (Phi) is 2.43. The molecule has 1 amide bonds. The van der Waals surface area contributed by atoms with Crippen molar-refractivity contribution in [1.82, 2.24) is 9.78 Å². The van der Waals surface area contributed by atoms with Crippen LogP contribution < -0.4 is 5.73 Å². The van der Waals surface area contributed by atoms with Crippen LogP contribution in [0.1, 0.15) is 43.9 Å². The van der Waals surface area contributed by atoms with Crippen molar-refractivity contribution >= 4 is 5.91 Å². The topological polar surface area (TPSA) is 70.1 Å². The summed E-state index contributed by atoms with van der Waals surface area (Å²) in [5.74, 6) is -0.235. The van der Waals surface area contributed by atoms with Crippen LogP contribution in [0.15, 0.2) is 12.4 Å². The lowest BCUT2D eigenvalue weighted by molar-refractivity contribution is -0.120. The van der Waals surface area contributed by atoms with E-state index in [0.29, 0.717) is 0 Å². The fraction of sp³-hybridized carbons (Fsp3) is 0.667. The first-order valence-electron chi connectivity index (χ1n) is 6.18. The van der Waals surface area contributed by atoms with Gasteiger partial charge >= 0.3 is 0 Å². The van der Waals surface area contributed by atoms with E-state index >= 15 is 0 Å². The molecule has 0 aromatic carbocycles. The number of aromatic nitrogens is 2. The second kappa shape index (κ2) is 3.84. The van der Waals surface area contributed by atoms with Gasteiger partial charge in [-0.3, -0.25) is 4.79 Å². The van der Waals surface area contributed by atoms with Crippen molar-refractivity contribution in [3.63, 3.8) is 0 Å². The highest BCUT2D eigenvalue weighted by Crippen LogP contribution is 2.47. The molecule has 1 aliphatic heterocycles. The van der Waals surface area contributed by atoms with Crippen molar-refractivity contribution in [3.8, 4) is 0 Å². The highest BCUT2D eigenvalue weighted by atomic mass is 16.5. The molecule has 5 heteroatoms. The summed E-state index contributed by atoms with van der Waals surface area (Å²) in [6.45, 7) is 0.792. The van der Waals surface area contributed by atoms with Crippen molar-refractivity contribution in [2.24, 2.45) is 5.73 Å². The molecule has 2 aliphatic rings. The maximum Gasteiger partial charge on any atom is 0.228 e. The number of primary amides is 1. The van der Waals surface area contributed by atoms with E-state index in [4.69, 9.17) is 10.5 Å². The van der Waals surface area contributed by atoms with Gasteiger partial charge in [-0.1, -0.05) is 0 Å². The van der Waals surface area contributed by atoms with Crippen LogP contribution in [0.4, 0.5) is 0 Å². The summed E-state index contributed by atoms with van der Waals surface area (Å²) >= 11 is 0. The molecule has 5 nitrogen and oxygen atoms in total. The van der Waals surface area contributed by atoms with Crippen LogP contribution in [0.2, 0.25) is 0 Å². The first-order chi connectivity index (χ1) is 8.22. The second-order valence-corrected chi connectivity index (χ2v) is 4.98. The van der Waals surface area contributed by atoms with E-state index in [0.717, 1.165) is 37.9 Å². The van der Waals surface area contributed by atoms with Crippen molar-refractivity contribution < 1.29 is 9.53 Å². The second-order valence-electron chi connectivity index (χ2n) is 4.98. The van der Waals surface area contributed by atoms with Crippen LogP contribution >= 0.6 is 0 Å². The summed E-state index contributed by atoms with van der Waals surface area (Å²) in [6, 6.07) is 0. The molecule has 92 valence electrons. The lowest BCUT2D eigenvalue weighted by Crippen LogP contribution is -2.28. The average Bonchev–Trinajstić information content (AvgIpc) is 3.02. The highest BCUT2D eigenvalue weighted by Gasteiger charge is 2.51. The summed E-state index contributed by atoms with van der Waals surface area (Å²) < 4.78 is 7.49. The maximum atomic E-state index is 11.4. The quantitative estimate of drug-likeness (QED) is 0.852. The third-order valence-corrected chi connectivity index (χ3v) is 3.83. The Hall–Kier alpha value is -1.36. The predicted molar refractivity (Wildman–Crippen MR) is 61.2 cm³/mol. The third kappa shape index (κ3) is 1.74. The molecule has 1 aromatic rings. The zero-order valence-electron chi connectivity index (χ0n) is 9.76. The Labute approximate surface area is 99.9 Å². The van der Waals surface area contributed by atoms with Gasteiger partial charge in [0.1, 0.15) is 6.23 Å². The molecule has 0 bridgehead atoms. The number of nitrogens with two attached hydrogens (primary N) is 1. The van der Waals surface area contributed by atoms with E-state index < -0.39 is 5.41 Å². The first-order valence-corrected chi connectivity index (χ1v) is 6.18. The van der Waals surface area contributed by atoms with E-state index in [1.54, 1.807) is 6.20 Å². The molecule has 2 N–H and O–H groups in total. The van der Waals surface area contributed by atoms with Gasteiger partial charge in [-0.05, 0) is 32.1 Å². The Bertz CT molecular complexity index is 431. The molecular weight excluding hydrogens is 218 g/mol. The van der Waals surface area contributed by atoms with E-state index in [1.165, 1.54) is 6.42 Å². The van der Waals surface area contributed by atoms with E-state index in [1.807, 2.05) is 10.9 Å². The summed E-state index contributed by atoms with van der Waals surface area (Å²) in [5.41, 5.74) is 5.95. The SMILES string of the molecule is NC(=O)C1(c2cnn(C3CCCCO3)c2)CC1. The molecule has 1 saturated carbocycles. The molecule has 1 atom stereocenters. The number of carbonyl (C=O) groups excluding carboxylic acids is 1. The molecule has 1 aromatic heterocycles. The maximum absolute atomic E-state index is 11.4. The molecule has 1 aliphatic carbocycles. The van der Waals surface area contributed by atoms with Gasteiger partial charge in [-0.15, -0.1) is 0 Å². The van der Waals surface area contributed by atoms with E-state index in [-0.39, 0.29) is 12.1 Å². The van der Waals surface area contributed by atoms with Gasteiger partial charge < -0.3 is 10.5 Å². The van der Waals surface area contributed by atoms with Crippen molar-refractivity contribution in [2.75, 3.05) is 6.61 Å². The third-order valence-electron chi connectivity index (χ3n) is 3.83. The highest BCUT2D eigenvalue weighted by molar-refractivity contribution is 5.89. The minimum atomic E-state index is -0.438. The van der Waals surface area contributed by atoms with Crippen LogP contribution in [0.5, 0.6) is 0 Å². The summed E-state index contributed by atoms with van der Waals surface area (Å²) in [7, 11) is 0. The number of rotatable bonds is 3. The van der Waals surface area contributed by atoms with Crippen LogP contribution in [0.3, 0.4) is 0 Å². The Balaban J connectivity index is 1.80. The lowest BCUT2D eigenvalue weighted by atomic mass is 9.99. The Morgan fingerprint density at radius 1 is 1.53 bits per heavy atom. The largest absolute Gasteiger partial charge is 0.369 e. The van der Waals surface area contributed by atoms with Gasteiger partial charge in [0.25, 0.3) is 0 Å². The lowest BCUT2D eigenvalue weighted by Gasteiger charge is -2.22. The number of hydrogen-bond donors (Lipinski definition) is 1. The van der Waals surface area contributed by atoms with Gasteiger partial charge in [-0.2, -0.15) is 5.10 Å². The van der Waals surface area contributed by atoms with Crippen molar-refractivity contribution in [1.29, 1.82) is 0 Å². The molecule has 0 radical (unpaired) electrons. The summed E-state index contributed by atoms with van der Waals surface area (Å²) in [6.07, 6.45) is 8.69. The number of ether oxygens (including phenoxy) is 1. The predicted octanol–water partition coefficient (Wildman–Crippen LogP) is 1.10. The first kappa shape index (κ1) is 10.8. The monoisotopic (exact) mass is 235 g/mol. The van der Waals surface area contributed by atoms with Crippen molar-refractivity contribution in [3.05, 3.63) is 18.0 Å². The van der Waals surface area contributed by atoms with Gasteiger partial charge in [0.2, 0.25) is 5.91 Å². The summed E-state index contributed by atoms with van der Waals surface area (Å²) in [4.78, 5) is 11.4. The standard InChI is InChI=1S/C12H17N3O2/c13-11(16)12(4-5-12)9-7-14-15(8-9)10-3-1-2-6-17-10/h7-8,10H,1-6H2,(H2,13,16). The van der Waals surface area contributed by atoms with Crippen LogP contribution in [-0.4, -0.2) is 22.3 Å². The number of nitrogens with zero attached hydrogens (tertiary/aromatic N) is 2. The minimum absolute atomic E-state index is 0.0289. The fourth-order valence-electron chi connectivity index (χ4n) is 2.48. The van der Waals surface area contributed by atoms with E-state index in [2.05, 4.69) is 5.10 Å². The van der Waals surface area contributed by atoms with Crippen LogP contribution in [0.25, 0.3) is 0 Å². The fourth-order valence-corrected chi connectivity index (χ4v) is 2.48. The minimum Gasteiger partial charge on any atom is -0.369 e. The number of amides is 1. The molecule has 2 fully saturated rings. The number of carbonyl (C=O) groups is 1. The van der Waals surface area contributed by atoms with Gasteiger partial charge in [0.05, 0.1) is 11.6 Å². The average molecular weight is 235 g/mol. The zero-order valence-corrected chi connectivity index (χ0v) is 9.76. The smallest absolute Gasteiger partial charge is 0.228 e. The molecule has 2 heterocycles. The molecule has 1 saturated heterocycles. The summed E-state index contributed by atoms with van der Waals surface area (Å²) in [5, 5.41) is 4.31. The molecule has 1 unspecified atom stereocenters. The molecule has 17 heavy (non-hydrogen) atoms. The van der Waals surface area contributed by atoms with Crippen LogP contribution in [-0.2, 0) is 14.9 Å². The molecule has 0 spiro atoms. The van der Waals surface area contributed by atoms with Gasteiger partial charge in [0, 0.05) is 18.4 Å². The normalized spacial score (nSPS) is 26.7. The van der Waals surface area contributed by atoms with E-state index in [9.17, 15) is 4.79 Å². The van der Waals surface area contributed by atoms with Gasteiger partial charge in [-0.25, -0.2) is 4.68 Å². The van der Waals surface area contributed by atoms with Gasteiger partial charge in [0.15, 0.2) is 0 Å². The molecule has 3 rings (SSSR count). The van der Waals surface area contributed by atoms with Crippen molar-refractivity contribution in [2.45, 2.75) is 43.7 Å². The molecular formula is C12H17N3O2. The Morgan fingerprint density at radius 2 is 2.35 bits per heavy atom. The zero-order chi connectivity index (χ0) is 11.9. The Morgan fingerprint density at radius 3 is 2.94 bits per heavy atom. The van der Waals surface area contributed by atoms with Crippen LogP contribution in [0, 0.1) is 0 Å². The number of hydrogen-bond acceptors (Lipinski definition) is 3.